The fraction of sp³-hybridized carbons (Fsp3) is 0.450. The van der Waals surface area contributed by atoms with Crippen LogP contribution in [-0.2, 0) is 19.5 Å². The van der Waals surface area contributed by atoms with Gasteiger partial charge in [-0.05, 0) is 30.4 Å². The van der Waals surface area contributed by atoms with E-state index in [0.717, 1.165) is 29.1 Å². The van der Waals surface area contributed by atoms with E-state index < -0.39 is 0 Å². The van der Waals surface area contributed by atoms with Crippen LogP contribution in [0.1, 0.15) is 33.7 Å². The number of hydrogen-bond acceptors (Lipinski definition) is 6. The van der Waals surface area contributed by atoms with Gasteiger partial charge >= 0.3 is 0 Å². The summed E-state index contributed by atoms with van der Waals surface area (Å²) in [7, 11) is 1.64. The van der Waals surface area contributed by atoms with Crippen molar-refractivity contribution in [3.05, 3.63) is 53.0 Å². The first-order valence-corrected chi connectivity index (χ1v) is 10.5. The lowest BCUT2D eigenvalue weighted by Gasteiger charge is -2.14. The topological polar surface area (TPSA) is 67.3 Å². The second-order valence-electron chi connectivity index (χ2n) is 6.89. The third kappa shape index (κ3) is 4.09. The summed E-state index contributed by atoms with van der Waals surface area (Å²) in [6, 6.07) is 8.34. The van der Waals surface area contributed by atoms with Crippen LogP contribution in [-0.4, -0.2) is 52.0 Å². The number of amides is 1. The molecule has 1 saturated heterocycles. The van der Waals surface area contributed by atoms with E-state index in [0.29, 0.717) is 37.1 Å². The van der Waals surface area contributed by atoms with Crippen molar-refractivity contribution in [3.63, 3.8) is 0 Å². The van der Waals surface area contributed by atoms with Crippen molar-refractivity contribution in [1.29, 1.82) is 0 Å². The Balaban J connectivity index is 1.45. The number of carbonyl (C=O) groups is 1. The molecule has 2 aliphatic rings. The number of rotatable bonds is 7. The van der Waals surface area contributed by atoms with E-state index in [1.165, 1.54) is 12.2 Å². The summed E-state index contributed by atoms with van der Waals surface area (Å²) in [4.78, 5) is 23.6. The summed E-state index contributed by atoms with van der Waals surface area (Å²) in [6.07, 6.45) is 3.71. The number of carbonyl (C=O) groups excluding carboxylic acids is 1. The molecule has 7 heteroatoms. The monoisotopic (exact) mass is 384 g/mol. The zero-order valence-corrected chi connectivity index (χ0v) is 16.3. The normalized spacial score (nSPS) is 18.8. The number of ether oxygens (including phenoxy) is 1. The molecule has 2 aliphatic heterocycles. The summed E-state index contributed by atoms with van der Waals surface area (Å²) in [5, 5.41) is 3.56. The number of aromatic nitrogens is 2. The summed E-state index contributed by atoms with van der Waals surface area (Å²) in [5.74, 6) is 3.02. The molecule has 1 fully saturated rings. The number of pyridine rings is 2. The van der Waals surface area contributed by atoms with Crippen molar-refractivity contribution in [2.75, 3.05) is 25.2 Å². The van der Waals surface area contributed by atoms with Crippen molar-refractivity contribution in [2.24, 2.45) is 0 Å². The van der Waals surface area contributed by atoms with Crippen molar-refractivity contribution in [1.82, 2.24) is 20.2 Å². The third-order valence-electron chi connectivity index (χ3n) is 5.07. The molecule has 0 bridgehead atoms. The van der Waals surface area contributed by atoms with Crippen LogP contribution < -0.4 is 10.1 Å². The molecule has 142 valence electrons. The Labute approximate surface area is 163 Å². The van der Waals surface area contributed by atoms with Crippen LogP contribution in [0.5, 0.6) is 5.88 Å². The molecule has 1 amide bonds. The molecule has 0 saturated carbocycles. The zero-order chi connectivity index (χ0) is 18.6. The molecule has 0 unspecified atom stereocenters. The Kier molecular flexibility index (Phi) is 5.59. The number of methoxy groups -OCH3 is 1. The number of nitrogens with one attached hydrogen (secondary N) is 1. The fourth-order valence-electron chi connectivity index (χ4n) is 3.53. The molecule has 0 aliphatic carbocycles. The van der Waals surface area contributed by atoms with Crippen molar-refractivity contribution in [3.8, 4) is 5.88 Å². The van der Waals surface area contributed by atoms with Gasteiger partial charge < -0.3 is 15.0 Å². The highest BCUT2D eigenvalue weighted by Gasteiger charge is 2.30. The average molecular weight is 385 g/mol. The minimum atomic E-state index is 0.0498. The predicted octanol–water partition coefficient (Wildman–Crippen LogP) is 2.28. The van der Waals surface area contributed by atoms with E-state index in [1.54, 1.807) is 13.3 Å². The first-order chi connectivity index (χ1) is 13.2. The SMILES string of the molecule is COc1nc2c(cc1CN[C@@H]1CCSC1)C(=O)N(CCc1ccccn1)C2. The molecule has 1 N–H and O–H groups in total. The Hall–Kier alpha value is -2.12. The van der Waals surface area contributed by atoms with Gasteiger partial charge in [0.25, 0.3) is 5.91 Å². The van der Waals surface area contributed by atoms with Gasteiger partial charge in [-0.2, -0.15) is 11.8 Å². The number of thioether (sulfide) groups is 1. The van der Waals surface area contributed by atoms with Crippen molar-refractivity contribution in [2.45, 2.75) is 32.0 Å². The zero-order valence-electron chi connectivity index (χ0n) is 15.5. The molecule has 27 heavy (non-hydrogen) atoms. The standard InChI is InChI=1S/C20H24N4O2S/c1-26-19-14(11-22-16-6-9-27-13-16)10-17-18(23-19)12-24(20(17)25)8-5-15-4-2-3-7-21-15/h2-4,7,10,16,22H,5-6,8-9,11-13H2,1H3/t16-/m1/s1. The van der Waals surface area contributed by atoms with E-state index in [-0.39, 0.29) is 5.91 Å². The van der Waals surface area contributed by atoms with Crippen LogP contribution in [0.3, 0.4) is 0 Å². The van der Waals surface area contributed by atoms with Gasteiger partial charge in [0.05, 0.1) is 24.9 Å². The second kappa shape index (κ2) is 8.27. The van der Waals surface area contributed by atoms with Crippen LogP contribution in [0.25, 0.3) is 0 Å². The number of nitrogens with zero attached hydrogens (tertiary/aromatic N) is 3. The maximum Gasteiger partial charge on any atom is 0.256 e. The van der Waals surface area contributed by atoms with E-state index >= 15 is 0 Å². The van der Waals surface area contributed by atoms with Crippen LogP contribution in [0.4, 0.5) is 0 Å². The van der Waals surface area contributed by atoms with Gasteiger partial charge in [-0.25, -0.2) is 4.98 Å². The molecule has 4 rings (SSSR count). The smallest absolute Gasteiger partial charge is 0.256 e. The number of hydrogen-bond donors (Lipinski definition) is 1. The molecule has 2 aromatic heterocycles. The summed E-state index contributed by atoms with van der Waals surface area (Å²) < 4.78 is 5.49. The number of fused-ring (bicyclic) bond motifs is 1. The predicted molar refractivity (Wildman–Crippen MR) is 106 cm³/mol. The molecule has 4 heterocycles. The lowest BCUT2D eigenvalue weighted by Crippen LogP contribution is -2.28. The third-order valence-corrected chi connectivity index (χ3v) is 6.23. The van der Waals surface area contributed by atoms with E-state index in [9.17, 15) is 4.79 Å². The van der Waals surface area contributed by atoms with E-state index in [4.69, 9.17) is 4.74 Å². The maximum atomic E-state index is 12.8. The first kappa shape index (κ1) is 18.3. The molecule has 0 radical (unpaired) electrons. The highest BCUT2D eigenvalue weighted by Crippen LogP contribution is 2.28. The largest absolute Gasteiger partial charge is 0.481 e. The highest BCUT2D eigenvalue weighted by atomic mass is 32.2. The van der Waals surface area contributed by atoms with Gasteiger partial charge in [-0.15, -0.1) is 0 Å². The summed E-state index contributed by atoms with van der Waals surface area (Å²) in [5.41, 5.74) is 3.45. The Morgan fingerprint density at radius 2 is 2.33 bits per heavy atom. The summed E-state index contributed by atoms with van der Waals surface area (Å²) in [6.45, 7) is 1.85. The highest BCUT2D eigenvalue weighted by molar-refractivity contribution is 7.99. The van der Waals surface area contributed by atoms with Crippen molar-refractivity contribution < 1.29 is 9.53 Å². The van der Waals surface area contributed by atoms with Gasteiger partial charge in [0, 0.05) is 48.8 Å². The molecular weight excluding hydrogens is 360 g/mol. The van der Waals surface area contributed by atoms with Crippen LogP contribution >= 0.6 is 11.8 Å². The van der Waals surface area contributed by atoms with Crippen molar-refractivity contribution >= 4 is 17.7 Å². The van der Waals surface area contributed by atoms with Gasteiger partial charge in [0.1, 0.15) is 0 Å². The second-order valence-corrected chi connectivity index (χ2v) is 8.04. The Morgan fingerprint density at radius 3 is 3.07 bits per heavy atom. The van der Waals surface area contributed by atoms with Crippen LogP contribution in [0.2, 0.25) is 0 Å². The molecule has 0 aromatic carbocycles. The van der Waals surface area contributed by atoms with Gasteiger partial charge in [-0.3, -0.25) is 9.78 Å². The van der Waals surface area contributed by atoms with E-state index in [1.807, 2.05) is 40.9 Å². The van der Waals surface area contributed by atoms with Crippen LogP contribution in [0.15, 0.2) is 30.5 Å². The fourth-order valence-corrected chi connectivity index (χ4v) is 4.72. The van der Waals surface area contributed by atoms with E-state index in [2.05, 4.69) is 15.3 Å². The van der Waals surface area contributed by atoms with Gasteiger partial charge in [-0.1, -0.05) is 6.07 Å². The summed E-state index contributed by atoms with van der Waals surface area (Å²) >= 11 is 1.98. The molecular formula is C20H24N4O2S. The molecule has 1 atom stereocenters. The molecule has 2 aromatic rings. The minimum Gasteiger partial charge on any atom is -0.481 e. The molecule has 0 spiro atoms. The van der Waals surface area contributed by atoms with Gasteiger partial charge in [0.15, 0.2) is 0 Å². The quantitative estimate of drug-likeness (QED) is 0.790. The molecule has 6 nitrogen and oxygen atoms in total. The maximum absolute atomic E-state index is 12.8. The average Bonchev–Trinajstić information content (AvgIpc) is 3.33. The van der Waals surface area contributed by atoms with Crippen LogP contribution in [0, 0.1) is 0 Å². The first-order valence-electron chi connectivity index (χ1n) is 9.31. The lowest BCUT2D eigenvalue weighted by molar-refractivity contribution is 0.0779. The van der Waals surface area contributed by atoms with Gasteiger partial charge in [0.2, 0.25) is 5.88 Å². The minimum absolute atomic E-state index is 0.0498. The lowest BCUT2D eigenvalue weighted by atomic mass is 10.1. The Bertz CT molecular complexity index is 809. The Morgan fingerprint density at radius 1 is 1.41 bits per heavy atom.